The zero-order valence-electron chi connectivity index (χ0n) is 19.5. The third kappa shape index (κ3) is 5.77. The van der Waals surface area contributed by atoms with E-state index in [2.05, 4.69) is 0 Å². The highest BCUT2D eigenvalue weighted by Gasteiger charge is 2.49. The van der Waals surface area contributed by atoms with Gasteiger partial charge in [-0.2, -0.15) is 0 Å². The minimum Gasteiger partial charge on any atom is -0.457 e. The van der Waals surface area contributed by atoms with Crippen molar-refractivity contribution in [2.24, 2.45) is 0 Å². The summed E-state index contributed by atoms with van der Waals surface area (Å²) in [7, 11) is -2.28. The number of benzene rings is 2. The van der Waals surface area contributed by atoms with Gasteiger partial charge in [0.15, 0.2) is 9.84 Å². The Morgan fingerprint density at radius 1 is 1.06 bits per heavy atom. The maximum Gasteiger partial charge on any atom is 0.327 e. The van der Waals surface area contributed by atoms with Crippen molar-refractivity contribution in [1.82, 2.24) is 14.9 Å². The van der Waals surface area contributed by atoms with E-state index < -0.39 is 45.6 Å². The topological polar surface area (TPSA) is 125 Å². The SMILES string of the molecule is CN1C(=O)N(CC(=O)N(O)CCCS(=O)(=O)c2ccc(Oc3ccc(F)cc3)cc2)C(=O)C1(C)C. The normalized spacial score (nSPS) is 15.5. The molecule has 0 aliphatic carbocycles. The van der Waals surface area contributed by atoms with Gasteiger partial charge in [0.05, 0.1) is 10.6 Å². The number of carbonyl (C=O) groups is 3. The summed E-state index contributed by atoms with van der Waals surface area (Å²) in [6, 6.07) is 10.3. The number of hydrogen-bond donors (Lipinski definition) is 1. The molecule has 1 fully saturated rings. The molecule has 1 N–H and O–H groups in total. The van der Waals surface area contributed by atoms with Crippen molar-refractivity contribution in [3.05, 3.63) is 54.3 Å². The van der Waals surface area contributed by atoms with Gasteiger partial charge in [-0.15, -0.1) is 0 Å². The number of ether oxygens (including phenoxy) is 1. The predicted molar refractivity (Wildman–Crippen MR) is 122 cm³/mol. The van der Waals surface area contributed by atoms with Gasteiger partial charge in [0.1, 0.15) is 29.4 Å². The molecule has 4 amide bonds. The highest BCUT2D eigenvalue weighted by molar-refractivity contribution is 7.91. The molecule has 1 aliphatic rings. The Morgan fingerprint density at radius 2 is 1.60 bits per heavy atom. The van der Waals surface area contributed by atoms with Crippen molar-refractivity contribution in [1.29, 1.82) is 0 Å². The van der Waals surface area contributed by atoms with Gasteiger partial charge < -0.3 is 9.64 Å². The summed E-state index contributed by atoms with van der Waals surface area (Å²) >= 11 is 0. The van der Waals surface area contributed by atoms with Gasteiger partial charge in [0, 0.05) is 13.6 Å². The Labute approximate surface area is 202 Å². The Morgan fingerprint density at radius 3 is 2.11 bits per heavy atom. The van der Waals surface area contributed by atoms with Crippen molar-refractivity contribution in [3.63, 3.8) is 0 Å². The number of amides is 4. The van der Waals surface area contributed by atoms with Crippen LogP contribution in [0.2, 0.25) is 0 Å². The number of carbonyl (C=O) groups excluding carboxylic acids is 3. The average Bonchev–Trinajstić information content (AvgIpc) is 2.95. The molecule has 10 nitrogen and oxygen atoms in total. The van der Waals surface area contributed by atoms with Crippen molar-refractivity contribution < 1.29 is 37.1 Å². The predicted octanol–water partition coefficient (Wildman–Crippen LogP) is 2.67. The molecule has 188 valence electrons. The van der Waals surface area contributed by atoms with E-state index in [9.17, 15) is 32.4 Å². The summed E-state index contributed by atoms with van der Waals surface area (Å²) in [5, 5.41) is 10.3. The third-order valence-corrected chi connectivity index (χ3v) is 7.54. The lowest BCUT2D eigenvalue weighted by molar-refractivity contribution is -0.166. The van der Waals surface area contributed by atoms with Crippen LogP contribution in [-0.4, -0.2) is 77.8 Å². The Kier molecular flexibility index (Phi) is 7.46. The second-order valence-electron chi connectivity index (χ2n) is 8.51. The lowest BCUT2D eigenvalue weighted by Crippen LogP contribution is -2.44. The molecule has 0 aromatic heterocycles. The average molecular weight is 508 g/mol. The molecule has 0 saturated carbocycles. The first-order chi connectivity index (χ1) is 16.3. The summed E-state index contributed by atoms with van der Waals surface area (Å²) in [5.41, 5.74) is -1.11. The van der Waals surface area contributed by atoms with Gasteiger partial charge in [0.25, 0.3) is 11.8 Å². The molecule has 3 rings (SSSR count). The van der Waals surface area contributed by atoms with Crippen molar-refractivity contribution in [2.75, 3.05) is 25.9 Å². The number of hydroxylamine groups is 2. The van der Waals surface area contributed by atoms with Crippen LogP contribution in [0, 0.1) is 5.82 Å². The van der Waals surface area contributed by atoms with E-state index in [0.29, 0.717) is 16.6 Å². The number of nitrogens with zero attached hydrogens (tertiary/aromatic N) is 3. The van der Waals surface area contributed by atoms with Crippen molar-refractivity contribution >= 4 is 27.7 Å². The van der Waals surface area contributed by atoms with Crippen LogP contribution < -0.4 is 4.74 Å². The van der Waals surface area contributed by atoms with Crippen LogP contribution in [0.4, 0.5) is 9.18 Å². The molecule has 0 spiro atoms. The fraction of sp³-hybridized carbons (Fsp3) is 0.348. The summed E-state index contributed by atoms with van der Waals surface area (Å²) in [6.45, 7) is 2.13. The number of halogens is 1. The fourth-order valence-corrected chi connectivity index (χ4v) is 4.63. The molecular formula is C23H26FN3O7S. The second kappa shape index (κ2) is 10.0. The Bertz CT molecular complexity index is 1210. The van der Waals surface area contributed by atoms with Gasteiger partial charge in [-0.05, 0) is 68.8 Å². The molecule has 12 heteroatoms. The highest BCUT2D eigenvalue weighted by Crippen LogP contribution is 2.26. The third-order valence-electron chi connectivity index (χ3n) is 5.72. The fourth-order valence-electron chi connectivity index (χ4n) is 3.34. The highest BCUT2D eigenvalue weighted by atomic mass is 32.2. The largest absolute Gasteiger partial charge is 0.457 e. The summed E-state index contributed by atoms with van der Waals surface area (Å²) in [5.74, 6) is -1.48. The van der Waals surface area contributed by atoms with Crippen LogP contribution >= 0.6 is 0 Å². The molecule has 1 saturated heterocycles. The molecule has 0 atom stereocenters. The standard InChI is InChI=1S/C23H26FN3O7S/c1-23(2)21(29)26(22(30)25(23)3)15-20(28)27(31)13-4-14-35(32,33)19-11-9-18(10-12-19)34-17-7-5-16(24)6-8-17/h5-12,31H,4,13-15H2,1-3H3. The van der Waals surface area contributed by atoms with E-state index in [1.807, 2.05) is 0 Å². The Hall–Kier alpha value is -3.51. The minimum absolute atomic E-state index is 0.0262. The first-order valence-corrected chi connectivity index (χ1v) is 12.3. The molecule has 0 radical (unpaired) electrons. The number of rotatable bonds is 9. The van der Waals surface area contributed by atoms with Gasteiger partial charge in [0.2, 0.25) is 0 Å². The van der Waals surface area contributed by atoms with E-state index in [4.69, 9.17) is 4.74 Å². The number of urea groups is 1. The monoisotopic (exact) mass is 507 g/mol. The molecule has 1 aliphatic heterocycles. The quantitative estimate of drug-likeness (QED) is 0.314. The Balaban J connectivity index is 1.51. The number of likely N-dealkylation sites (N-methyl/N-ethyl adjacent to an activating group) is 1. The van der Waals surface area contributed by atoms with Gasteiger partial charge in [-0.3, -0.25) is 19.7 Å². The van der Waals surface area contributed by atoms with Crippen molar-refractivity contribution in [3.8, 4) is 11.5 Å². The van der Waals surface area contributed by atoms with Crippen LogP contribution in [0.5, 0.6) is 11.5 Å². The van der Waals surface area contributed by atoms with E-state index in [1.54, 1.807) is 13.8 Å². The van der Waals surface area contributed by atoms with Crippen LogP contribution in [0.1, 0.15) is 20.3 Å². The number of hydrogen-bond acceptors (Lipinski definition) is 7. The number of imide groups is 1. The van der Waals surface area contributed by atoms with E-state index in [1.165, 1.54) is 60.5 Å². The van der Waals surface area contributed by atoms with Crippen LogP contribution in [-0.2, 0) is 19.4 Å². The summed E-state index contributed by atoms with van der Waals surface area (Å²) in [4.78, 5) is 38.8. The smallest absolute Gasteiger partial charge is 0.327 e. The molecule has 2 aromatic rings. The minimum atomic E-state index is -3.72. The first kappa shape index (κ1) is 26.1. The second-order valence-corrected chi connectivity index (χ2v) is 10.6. The zero-order valence-corrected chi connectivity index (χ0v) is 20.3. The summed E-state index contributed by atoms with van der Waals surface area (Å²) in [6.07, 6.45) is -0.0777. The van der Waals surface area contributed by atoms with Crippen LogP contribution in [0.3, 0.4) is 0 Å². The molecule has 35 heavy (non-hydrogen) atoms. The summed E-state index contributed by atoms with van der Waals surface area (Å²) < 4.78 is 43.7. The van der Waals surface area contributed by atoms with Crippen LogP contribution in [0.25, 0.3) is 0 Å². The van der Waals surface area contributed by atoms with Crippen molar-refractivity contribution in [2.45, 2.75) is 30.7 Å². The van der Waals surface area contributed by atoms with Crippen LogP contribution in [0.15, 0.2) is 53.4 Å². The van der Waals surface area contributed by atoms with E-state index >= 15 is 0 Å². The maximum absolute atomic E-state index is 13.0. The van der Waals surface area contributed by atoms with Gasteiger partial charge in [-0.25, -0.2) is 22.7 Å². The molecule has 0 unspecified atom stereocenters. The first-order valence-electron chi connectivity index (χ1n) is 10.7. The molecule has 2 aromatic carbocycles. The lowest BCUT2D eigenvalue weighted by Gasteiger charge is -2.22. The molecular weight excluding hydrogens is 481 g/mol. The maximum atomic E-state index is 13.0. The van der Waals surface area contributed by atoms with Gasteiger partial charge in [-0.1, -0.05) is 0 Å². The van der Waals surface area contributed by atoms with Gasteiger partial charge >= 0.3 is 6.03 Å². The zero-order chi connectivity index (χ0) is 26.0. The van der Waals surface area contributed by atoms with E-state index in [-0.39, 0.29) is 23.6 Å². The molecule has 1 heterocycles. The lowest BCUT2D eigenvalue weighted by atomic mass is 10.1. The van der Waals surface area contributed by atoms with E-state index in [0.717, 1.165) is 4.90 Å². The number of sulfone groups is 1. The molecule has 0 bridgehead atoms.